The Balaban J connectivity index is 1.66. The van der Waals surface area contributed by atoms with E-state index in [0.29, 0.717) is 36.9 Å². The molecule has 2 aliphatic heterocycles. The third-order valence-corrected chi connectivity index (χ3v) is 5.64. The van der Waals surface area contributed by atoms with Gasteiger partial charge in [0.1, 0.15) is 13.1 Å². The lowest BCUT2D eigenvalue weighted by Gasteiger charge is -2.30. The Bertz CT molecular complexity index is 917. The normalized spacial score (nSPS) is 20.5. The summed E-state index contributed by atoms with van der Waals surface area (Å²) in [4.78, 5) is 28.8. The summed E-state index contributed by atoms with van der Waals surface area (Å²) in [6, 6.07) is 9.36. The number of nitrogens with zero attached hydrogens (tertiary/aromatic N) is 1. The summed E-state index contributed by atoms with van der Waals surface area (Å²) >= 11 is 6.02. The van der Waals surface area contributed by atoms with Crippen LogP contribution < -0.4 is 4.90 Å². The van der Waals surface area contributed by atoms with Crippen molar-refractivity contribution in [3.8, 4) is 0 Å². The van der Waals surface area contributed by atoms with Crippen LogP contribution in [-0.4, -0.2) is 61.1 Å². The molecule has 152 valence electrons. The van der Waals surface area contributed by atoms with Gasteiger partial charge < -0.3 is 24.1 Å². The molecule has 1 fully saturated rings. The Labute approximate surface area is 173 Å². The smallest absolute Gasteiger partial charge is 0.290 e. The molecular weight excluding hydrogens is 396 g/mol. The van der Waals surface area contributed by atoms with Crippen molar-refractivity contribution in [2.24, 2.45) is 0 Å². The molecule has 0 aliphatic carbocycles. The second-order valence-corrected chi connectivity index (χ2v) is 7.57. The molecular formula is C21H22ClN2O5+. The molecule has 0 saturated carbocycles. The third-order valence-electron chi connectivity index (χ3n) is 5.39. The molecule has 2 aromatic rings. The summed E-state index contributed by atoms with van der Waals surface area (Å²) in [5.41, 5.74) is 0.739. The fraction of sp³-hybridized carbons (Fsp3) is 0.333. The highest BCUT2D eigenvalue weighted by atomic mass is 35.5. The number of hydrogen-bond acceptors (Lipinski definition) is 5. The minimum Gasteiger partial charge on any atom is -0.503 e. The van der Waals surface area contributed by atoms with E-state index in [1.165, 1.54) is 17.2 Å². The van der Waals surface area contributed by atoms with Gasteiger partial charge in [-0.2, -0.15) is 0 Å². The average molecular weight is 418 g/mol. The van der Waals surface area contributed by atoms with Crippen LogP contribution >= 0.6 is 11.6 Å². The van der Waals surface area contributed by atoms with Crippen molar-refractivity contribution < 1.29 is 28.7 Å². The second-order valence-electron chi connectivity index (χ2n) is 7.13. The lowest BCUT2D eigenvalue weighted by Crippen LogP contribution is -3.14. The molecule has 1 amide bonds. The predicted octanol–water partition coefficient (Wildman–Crippen LogP) is 1.43. The Morgan fingerprint density at radius 2 is 1.93 bits per heavy atom. The Morgan fingerprint density at radius 1 is 1.21 bits per heavy atom. The zero-order chi connectivity index (χ0) is 20.4. The largest absolute Gasteiger partial charge is 0.503 e. The molecule has 4 rings (SSSR count). The maximum atomic E-state index is 13.0. The first-order valence-electron chi connectivity index (χ1n) is 9.55. The number of carbonyl (C=O) groups is 2. The van der Waals surface area contributed by atoms with Gasteiger partial charge in [-0.05, 0) is 29.8 Å². The number of hydrogen-bond donors (Lipinski definition) is 2. The Kier molecular flexibility index (Phi) is 5.71. The lowest BCUT2D eigenvalue weighted by atomic mass is 9.95. The summed E-state index contributed by atoms with van der Waals surface area (Å²) in [6.07, 6.45) is 1.39. The highest BCUT2D eigenvalue weighted by molar-refractivity contribution is 6.30. The van der Waals surface area contributed by atoms with E-state index >= 15 is 0 Å². The standard InChI is InChI=1S/C21H21ClN2O5/c22-15-5-3-14(4-6-15)18-17(19(25)16-2-1-11-29-16)20(26)21(27)24(18)8-7-23-9-12-28-13-10-23/h1-6,11,18,26H,7-10,12-13H2/p+1/t18-/m0/s1. The quantitative estimate of drug-likeness (QED) is 0.694. The van der Waals surface area contributed by atoms with Crippen molar-refractivity contribution in [3.63, 3.8) is 0 Å². The molecule has 8 heteroatoms. The number of quaternary nitrogens is 1. The van der Waals surface area contributed by atoms with E-state index in [2.05, 4.69) is 0 Å². The Morgan fingerprint density at radius 3 is 2.59 bits per heavy atom. The van der Waals surface area contributed by atoms with Crippen LogP contribution in [0.4, 0.5) is 0 Å². The van der Waals surface area contributed by atoms with Crippen LogP contribution in [0.3, 0.4) is 0 Å². The first-order valence-corrected chi connectivity index (χ1v) is 9.93. The molecule has 0 spiro atoms. The third kappa shape index (κ3) is 3.94. The van der Waals surface area contributed by atoms with Crippen LogP contribution in [0.25, 0.3) is 0 Å². The van der Waals surface area contributed by atoms with Crippen molar-refractivity contribution in [1.29, 1.82) is 0 Å². The number of rotatable bonds is 6. The molecule has 0 radical (unpaired) electrons. The number of amides is 1. The van der Waals surface area contributed by atoms with Crippen LogP contribution in [-0.2, 0) is 9.53 Å². The zero-order valence-electron chi connectivity index (χ0n) is 15.8. The minimum absolute atomic E-state index is 0.0317. The van der Waals surface area contributed by atoms with Crippen LogP contribution in [0, 0.1) is 0 Å². The summed E-state index contributed by atoms with van der Waals surface area (Å²) in [7, 11) is 0. The molecule has 3 heterocycles. The van der Waals surface area contributed by atoms with E-state index in [-0.39, 0.29) is 11.3 Å². The molecule has 1 saturated heterocycles. The number of ether oxygens (including phenoxy) is 1. The molecule has 29 heavy (non-hydrogen) atoms. The number of ketones is 1. The fourth-order valence-electron chi connectivity index (χ4n) is 3.84. The molecule has 0 bridgehead atoms. The van der Waals surface area contributed by atoms with Crippen molar-refractivity contribution in [3.05, 3.63) is 70.3 Å². The number of aliphatic hydroxyl groups is 1. The monoisotopic (exact) mass is 417 g/mol. The molecule has 0 unspecified atom stereocenters. The van der Waals surface area contributed by atoms with Crippen LogP contribution in [0.1, 0.15) is 22.2 Å². The van der Waals surface area contributed by atoms with E-state index in [4.69, 9.17) is 20.8 Å². The van der Waals surface area contributed by atoms with Crippen LogP contribution in [0.2, 0.25) is 5.02 Å². The zero-order valence-corrected chi connectivity index (χ0v) is 16.5. The van der Waals surface area contributed by atoms with E-state index in [0.717, 1.165) is 13.1 Å². The lowest BCUT2D eigenvalue weighted by molar-refractivity contribution is -0.907. The molecule has 2 aliphatic rings. The SMILES string of the molecule is O=C(C1=C(O)C(=O)N(CC[NH+]2CCOCC2)[C@H]1c1ccc(Cl)cc1)c1ccco1. The van der Waals surface area contributed by atoms with Crippen molar-refractivity contribution in [2.75, 3.05) is 39.4 Å². The maximum Gasteiger partial charge on any atom is 0.290 e. The van der Waals surface area contributed by atoms with E-state index < -0.39 is 23.5 Å². The van der Waals surface area contributed by atoms with Crippen molar-refractivity contribution in [1.82, 2.24) is 4.90 Å². The number of nitrogens with one attached hydrogen (secondary N) is 1. The highest BCUT2D eigenvalue weighted by Crippen LogP contribution is 2.39. The summed E-state index contributed by atoms with van der Waals surface area (Å²) in [6.45, 7) is 4.22. The fourth-order valence-corrected chi connectivity index (χ4v) is 3.96. The van der Waals surface area contributed by atoms with Gasteiger partial charge in [-0.1, -0.05) is 23.7 Å². The topological polar surface area (TPSA) is 84.4 Å². The van der Waals surface area contributed by atoms with Gasteiger partial charge in [0, 0.05) is 5.02 Å². The van der Waals surface area contributed by atoms with E-state index in [9.17, 15) is 14.7 Å². The molecule has 7 nitrogen and oxygen atoms in total. The first kappa shape index (κ1) is 19.7. The van der Waals surface area contributed by atoms with Gasteiger partial charge in [-0.3, -0.25) is 9.59 Å². The van der Waals surface area contributed by atoms with Crippen molar-refractivity contribution >= 4 is 23.3 Å². The molecule has 1 aromatic carbocycles. The first-order chi connectivity index (χ1) is 14.1. The van der Waals surface area contributed by atoms with Gasteiger partial charge in [-0.15, -0.1) is 0 Å². The maximum absolute atomic E-state index is 13.0. The van der Waals surface area contributed by atoms with Gasteiger partial charge in [0.25, 0.3) is 5.91 Å². The Hall–Kier alpha value is -2.61. The second kappa shape index (κ2) is 8.41. The number of benzene rings is 1. The highest BCUT2D eigenvalue weighted by Gasteiger charge is 2.44. The number of furan rings is 1. The van der Waals surface area contributed by atoms with Gasteiger partial charge >= 0.3 is 0 Å². The number of Topliss-reactive ketones (excluding diaryl/α,β-unsaturated/α-hetero) is 1. The van der Waals surface area contributed by atoms with Crippen LogP contribution in [0.15, 0.2) is 58.4 Å². The molecule has 1 atom stereocenters. The van der Waals surface area contributed by atoms with Gasteiger partial charge in [0.15, 0.2) is 11.5 Å². The number of halogens is 1. The summed E-state index contributed by atoms with van der Waals surface area (Å²) in [5.74, 6) is -1.49. The molecule has 1 aromatic heterocycles. The average Bonchev–Trinajstić information content (AvgIpc) is 3.36. The minimum atomic E-state index is -0.696. The number of aliphatic hydroxyl groups excluding tert-OH is 1. The van der Waals surface area contributed by atoms with Gasteiger partial charge in [0.2, 0.25) is 5.78 Å². The number of carbonyl (C=O) groups excluding carboxylic acids is 2. The van der Waals surface area contributed by atoms with Gasteiger partial charge in [-0.25, -0.2) is 0 Å². The molecule has 2 N–H and O–H groups in total. The van der Waals surface area contributed by atoms with E-state index in [1.807, 2.05) is 0 Å². The van der Waals surface area contributed by atoms with Crippen LogP contribution in [0.5, 0.6) is 0 Å². The summed E-state index contributed by atoms with van der Waals surface area (Å²) < 4.78 is 10.6. The van der Waals surface area contributed by atoms with Crippen molar-refractivity contribution in [2.45, 2.75) is 6.04 Å². The summed E-state index contributed by atoms with van der Waals surface area (Å²) in [5, 5.41) is 11.1. The number of morpholine rings is 1. The van der Waals surface area contributed by atoms with Gasteiger partial charge in [0.05, 0.1) is 44.2 Å². The predicted molar refractivity (Wildman–Crippen MR) is 105 cm³/mol. The van der Waals surface area contributed by atoms with E-state index in [1.54, 1.807) is 35.2 Å².